The Morgan fingerprint density at radius 2 is 1.87 bits per heavy atom. The fourth-order valence-corrected chi connectivity index (χ4v) is 1.66. The Kier molecular flexibility index (Phi) is 3.41. The van der Waals surface area contributed by atoms with Crippen LogP contribution >= 0.6 is 0 Å². The van der Waals surface area contributed by atoms with Crippen LogP contribution in [0.4, 0.5) is 0 Å². The van der Waals surface area contributed by atoms with Gasteiger partial charge in [0.1, 0.15) is 0 Å². The molecule has 2 radical (unpaired) electrons. The Labute approximate surface area is 97.8 Å². The van der Waals surface area contributed by atoms with E-state index in [0.29, 0.717) is 6.61 Å². The molecule has 0 fully saturated rings. The maximum atomic E-state index is 5.64. The second-order valence-corrected chi connectivity index (χ2v) is 3.99. The van der Waals surface area contributed by atoms with Gasteiger partial charge in [-0.05, 0) is 0 Å². The summed E-state index contributed by atoms with van der Waals surface area (Å²) in [5.41, 5.74) is 1.16. The average molecular weight is 259 g/mol. The zero-order valence-electron chi connectivity index (χ0n) is 8.13. The third-order valence-electron chi connectivity index (χ3n) is 1.99. The van der Waals surface area contributed by atoms with Crippen molar-refractivity contribution in [1.29, 1.82) is 0 Å². The Bertz CT molecular complexity index is 431. The van der Waals surface area contributed by atoms with Crippen LogP contribution in [-0.4, -0.2) is 21.8 Å². The zero-order valence-corrected chi connectivity index (χ0v) is 10.0. The Morgan fingerprint density at radius 3 is 2.60 bits per heavy atom. The van der Waals surface area contributed by atoms with Crippen molar-refractivity contribution in [3.63, 3.8) is 0 Å². The van der Waals surface area contributed by atoms with Gasteiger partial charge in [0.15, 0.2) is 0 Å². The molecular weight excluding hydrogens is 249 g/mol. The summed E-state index contributed by atoms with van der Waals surface area (Å²) in [5, 5.41) is 0. The van der Waals surface area contributed by atoms with Gasteiger partial charge in [0.2, 0.25) is 0 Å². The van der Waals surface area contributed by atoms with E-state index < -0.39 is 0 Å². The predicted octanol–water partition coefficient (Wildman–Crippen LogP) is 1.45. The molecule has 0 amide bonds. The number of rotatable bonds is 3. The first-order valence-corrected chi connectivity index (χ1v) is 5.61. The van der Waals surface area contributed by atoms with Crippen molar-refractivity contribution in [2.45, 2.75) is 6.61 Å². The summed E-state index contributed by atoms with van der Waals surface area (Å²) in [7, 11) is 0. The number of hydrogen-bond acceptors (Lipinski definition) is 2. The van der Waals surface area contributed by atoms with Crippen LogP contribution in [0, 0.1) is 0 Å². The summed E-state index contributed by atoms with van der Waals surface area (Å²) in [6, 6.07) is 13.9. The van der Waals surface area contributed by atoms with E-state index >= 15 is 0 Å². The van der Waals surface area contributed by atoms with Gasteiger partial charge in [-0.2, -0.15) is 0 Å². The van der Waals surface area contributed by atoms with E-state index in [4.69, 9.17) is 4.74 Å². The minimum atomic E-state index is 0.581. The first-order chi connectivity index (χ1) is 7.36. The minimum absolute atomic E-state index is 0.581. The molecule has 15 heavy (non-hydrogen) atoms. The molecule has 1 aromatic carbocycles. The monoisotopic (exact) mass is 259 g/mol. The summed E-state index contributed by atoms with van der Waals surface area (Å²) < 4.78 is 6.51. The summed E-state index contributed by atoms with van der Waals surface area (Å²) >= 11 is 2.41. The maximum absolute atomic E-state index is 5.64. The summed E-state index contributed by atoms with van der Waals surface area (Å²) in [6.45, 7) is 0.581. The molecule has 3 heteroatoms. The molecule has 1 aromatic heterocycles. The molecule has 2 nitrogen and oxygen atoms in total. The molecule has 0 aliphatic carbocycles. The van der Waals surface area contributed by atoms with Gasteiger partial charge in [-0.15, -0.1) is 0 Å². The number of ether oxygens (including phenoxy) is 1. The fraction of sp³-hybridized carbons (Fsp3) is 0.0833. The third-order valence-corrected chi connectivity index (χ3v) is 2.69. The van der Waals surface area contributed by atoms with E-state index in [2.05, 4.69) is 21.8 Å². The van der Waals surface area contributed by atoms with Gasteiger partial charge in [-0.1, -0.05) is 0 Å². The fourth-order valence-electron chi connectivity index (χ4n) is 1.23. The summed E-state index contributed by atoms with van der Waals surface area (Å²) in [6.07, 6.45) is 1.75. The van der Waals surface area contributed by atoms with Gasteiger partial charge in [0, 0.05) is 0 Å². The molecule has 74 valence electrons. The number of aromatic nitrogens is 1. The second-order valence-electron chi connectivity index (χ2n) is 3.10. The molecular formula is C12H10AsNO. The molecule has 1 heterocycles. The topological polar surface area (TPSA) is 22.1 Å². The van der Waals surface area contributed by atoms with Crippen LogP contribution in [0.25, 0.3) is 0 Å². The molecule has 0 aliphatic heterocycles. The average Bonchev–Trinajstić information content (AvgIpc) is 2.29. The molecule has 0 atom stereocenters. The van der Waals surface area contributed by atoms with E-state index in [1.54, 1.807) is 6.20 Å². The first kappa shape index (κ1) is 10.3. The van der Waals surface area contributed by atoms with Crippen LogP contribution in [0.2, 0.25) is 0 Å². The molecule has 0 N–H and O–H groups in total. The second kappa shape index (κ2) is 4.99. The molecule has 0 saturated carbocycles. The first-order valence-electron chi connectivity index (χ1n) is 4.67. The van der Waals surface area contributed by atoms with E-state index in [0.717, 1.165) is 15.8 Å². The van der Waals surface area contributed by atoms with Crippen LogP contribution in [0.3, 0.4) is 0 Å². The van der Waals surface area contributed by atoms with Crippen LogP contribution in [0.15, 0.2) is 48.7 Å². The van der Waals surface area contributed by atoms with Crippen LogP contribution in [-0.2, 0) is 6.61 Å². The Balaban J connectivity index is 2.03. The normalized spacial score (nSPS) is 9.93. The number of nitrogens with zero attached hydrogens (tertiary/aromatic N) is 1. The van der Waals surface area contributed by atoms with Crippen molar-refractivity contribution in [2.24, 2.45) is 0 Å². The molecule has 0 saturated heterocycles. The van der Waals surface area contributed by atoms with Crippen molar-refractivity contribution < 1.29 is 4.74 Å². The number of pyridine rings is 1. The van der Waals surface area contributed by atoms with Crippen LogP contribution in [0.5, 0.6) is 5.75 Å². The predicted molar refractivity (Wildman–Crippen MR) is 60.4 cm³/mol. The number of benzene rings is 1. The SMILES string of the molecule is [As]c1ncccc1OCc1ccccc1. The van der Waals surface area contributed by atoms with Crippen molar-refractivity contribution in [1.82, 2.24) is 4.98 Å². The molecule has 0 aliphatic rings. The number of hydrogen-bond donors (Lipinski definition) is 0. The standard InChI is InChI=1S/C12H10AsNO/c13-12-11(7-4-8-14-12)15-9-10-5-2-1-3-6-10/h1-8H,9H2. The van der Waals surface area contributed by atoms with Gasteiger partial charge in [0.05, 0.1) is 0 Å². The molecule has 0 bridgehead atoms. The molecule has 0 unspecified atom stereocenters. The Morgan fingerprint density at radius 1 is 1.07 bits per heavy atom. The summed E-state index contributed by atoms with van der Waals surface area (Å²) in [5.74, 6) is 0.821. The molecule has 0 spiro atoms. The van der Waals surface area contributed by atoms with Gasteiger partial charge in [-0.3, -0.25) is 0 Å². The van der Waals surface area contributed by atoms with Crippen LogP contribution < -0.4 is 9.22 Å². The van der Waals surface area contributed by atoms with Gasteiger partial charge in [0.25, 0.3) is 0 Å². The quantitative estimate of drug-likeness (QED) is 0.778. The van der Waals surface area contributed by atoms with E-state index in [1.807, 2.05) is 42.5 Å². The van der Waals surface area contributed by atoms with E-state index in [1.165, 1.54) is 0 Å². The zero-order chi connectivity index (χ0) is 10.5. The van der Waals surface area contributed by atoms with Crippen LogP contribution in [0.1, 0.15) is 5.56 Å². The van der Waals surface area contributed by atoms with Crippen molar-refractivity contribution in [3.8, 4) is 5.75 Å². The molecule has 2 rings (SSSR count). The Hall–Kier alpha value is -1.27. The van der Waals surface area contributed by atoms with Gasteiger partial charge < -0.3 is 0 Å². The third kappa shape index (κ3) is 2.84. The van der Waals surface area contributed by atoms with Crippen molar-refractivity contribution in [2.75, 3.05) is 0 Å². The van der Waals surface area contributed by atoms with E-state index in [-0.39, 0.29) is 0 Å². The summed E-state index contributed by atoms with van der Waals surface area (Å²) in [4.78, 5) is 4.14. The van der Waals surface area contributed by atoms with Gasteiger partial charge >= 0.3 is 97.6 Å². The van der Waals surface area contributed by atoms with Gasteiger partial charge in [-0.25, -0.2) is 0 Å². The van der Waals surface area contributed by atoms with Crippen molar-refractivity contribution >= 4 is 21.3 Å². The van der Waals surface area contributed by atoms with Crippen molar-refractivity contribution in [3.05, 3.63) is 54.2 Å². The van der Waals surface area contributed by atoms with E-state index in [9.17, 15) is 0 Å². The molecule has 2 aromatic rings.